The second-order valence-electron chi connectivity index (χ2n) is 5.35. The molecule has 2 unspecified atom stereocenters. The molecule has 3 nitrogen and oxygen atoms in total. The van der Waals surface area contributed by atoms with Crippen LogP contribution < -0.4 is 5.73 Å². The minimum atomic E-state index is -0.0991. The zero-order chi connectivity index (χ0) is 12.9. The monoisotopic (exact) mass is 264 g/mol. The molecular weight excluding hydrogens is 248 g/mol. The van der Waals surface area contributed by atoms with Gasteiger partial charge >= 0.3 is 0 Å². The van der Waals surface area contributed by atoms with Crippen LogP contribution in [0.5, 0.6) is 0 Å². The number of likely N-dealkylation sites (tertiary alicyclic amines) is 1. The number of aryl methyl sites for hydroxylation is 1. The van der Waals surface area contributed by atoms with Crippen LogP contribution in [0.2, 0.25) is 5.02 Å². The highest BCUT2D eigenvalue weighted by molar-refractivity contribution is 6.30. The standard InChI is InChI=1S/C14H17ClN2O/c1-8-6-9(15)2-5-11(8)14-12(16)7-13(18)17(14)10-3-4-10/h2,5-6,10,12,14H,3-4,7,16H2,1H3. The van der Waals surface area contributed by atoms with Gasteiger partial charge in [-0.2, -0.15) is 0 Å². The third kappa shape index (κ3) is 1.91. The van der Waals surface area contributed by atoms with Crippen LogP contribution in [0.1, 0.15) is 36.4 Å². The van der Waals surface area contributed by atoms with Crippen LogP contribution in [0.15, 0.2) is 18.2 Å². The van der Waals surface area contributed by atoms with Crippen LogP contribution in [-0.2, 0) is 4.79 Å². The van der Waals surface area contributed by atoms with E-state index in [1.807, 2.05) is 30.0 Å². The number of hydrogen-bond donors (Lipinski definition) is 1. The number of carbonyl (C=O) groups is 1. The Kier molecular flexibility index (Phi) is 2.83. The highest BCUT2D eigenvalue weighted by Gasteiger charge is 2.46. The van der Waals surface area contributed by atoms with E-state index >= 15 is 0 Å². The molecule has 0 radical (unpaired) electrons. The molecule has 1 aromatic rings. The first-order valence-corrected chi connectivity index (χ1v) is 6.78. The molecule has 1 saturated heterocycles. The molecule has 2 fully saturated rings. The van der Waals surface area contributed by atoms with Crippen LogP contribution in [0.4, 0.5) is 0 Å². The molecule has 0 aromatic heterocycles. The van der Waals surface area contributed by atoms with E-state index in [0.29, 0.717) is 12.5 Å². The van der Waals surface area contributed by atoms with E-state index in [1.54, 1.807) is 0 Å². The SMILES string of the molecule is Cc1cc(Cl)ccc1C1C(N)CC(=O)N1C1CC1. The molecule has 1 saturated carbocycles. The van der Waals surface area contributed by atoms with Crippen LogP contribution in [0.3, 0.4) is 0 Å². The van der Waals surface area contributed by atoms with Crippen molar-refractivity contribution in [3.63, 3.8) is 0 Å². The largest absolute Gasteiger partial charge is 0.331 e. The second kappa shape index (κ2) is 4.25. The third-order valence-electron chi connectivity index (χ3n) is 3.89. The van der Waals surface area contributed by atoms with E-state index in [2.05, 4.69) is 0 Å². The minimum absolute atomic E-state index is 0.0299. The fraction of sp³-hybridized carbons (Fsp3) is 0.500. The first-order chi connectivity index (χ1) is 8.58. The van der Waals surface area contributed by atoms with E-state index in [-0.39, 0.29) is 18.0 Å². The lowest BCUT2D eigenvalue weighted by Crippen LogP contribution is -2.35. The van der Waals surface area contributed by atoms with Crippen molar-refractivity contribution in [1.82, 2.24) is 4.90 Å². The van der Waals surface area contributed by atoms with Crippen LogP contribution in [0, 0.1) is 6.92 Å². The zero-order valence-electron chi connectivity index (χ0n) is 10.4. The van der Waals surface area contributed by atoms with E-state index in [4.69, 9.17) is 17.3 Å². The summed E-state index contributed by atoms with van der Waals surface area (Å²) in [6, 6.07) is 6.17. The lowest BCUT2D eigenvalue weighted by Gasteiger charge is -2.28. The van der Waals surface area contributed by atoms with Gasteiger partial charge in [0, 0.05) is 23.5 Å². The molecule has 2 N–H and O–H groups in total. The topological polar surface area (TPSA) is 46.3 Å². The third-order valence-corrected chi connectivity index (χ3v) is 4.13. The number of hydrogen-bond acceptors (Lipinski definition) is 2. The van der Waals surface area contributed by atoms with Gasteiger partial charge in [0.2, 0.25) is 5.91 Å². The van der Waals surface area contributed by atoms with E-state index < -0.39 is 0 Å². The van der Waals surface area contributed by atoms with Gasteiger partial charge in [0.05, 0.1) is 6.04 Å². The molecule has 2 atom stereocenters. The van der Waals surface area contributed by atoms with Gasteiger partial charge in [0.15, 0.2) is 0 Å². The van der Waals surface area contributed by atoms with Crippen molar-refractivity contribution >= 4 is 17.5 Å². The fourth-order valence-corrected chi connectivity index (χ4v) is 3.14. The summed E-state index contributed by atoms with van der Waals surface area (Å²) in [4.78, 5) is 14.0. The quantitative estimate of drug-likeness (QED) is 0.892. The van der Waals surface area contributed by atoms with Crippen molar-refractivity contribution in [1.29, 1.82) is 0 Å². The number of nitrogens with two attached hydrogens (primary N) is 1. The van der Waals surface area contributed by atoms with Crippen molar-refractivity contribution in [3.8, 4) is 0 Å². The van der Waals surface area contributed by atoms with Crippen molar-refractivity contribution < 1.29 is 4.79 Å². The lowest BCUT2D eigenvalue weighted by atomic mass is 9.96. The molecule has 0 spiro atoms. The van der Waals surface area contributed by atoms with Crippen molar-refractivity contribution in [2.75, 3.05) is 0 Å². The maximum Gasteiger partial charge on any atom is 0.225 e. The lowest BCUT2D eigenvalue weighted by molar-refractivity contribution is -0.129. The second-order valence-corrected chi connectivity index (χ2v) is 5.78. The fourth-order valence-electron chi connectivity index (χ4n) is 2.91. The molecule has 1 aliphatic carbocycles. The zero-order valence-corrected chi connectivity index (χ0v) is 11.2. The Bertz CT molecular complexity index is 499. The Morgan fingerprint density at radius 2 is 2.11 bits per heavy atom. The number of benzene rings is 1. The van der Waals surface area contributed by atoms with Gasteiger partial charge in [0.25, 0.3) is 0 Å². The maximum atomic E-state index is 12.0. The molecule has 3 rings (SSSR count). The van der Waals surface area contributed by atoms with E-state index in [0.717, 1.165) is 29.0 Å². The van der Waals surface area contributed by atoms with E-state index in [1.165, 1.54) is 0 Å². The molecule has 18 heavy (non-hydrogen) atoms. The number of amides is 1. The number of rotatable bonds is 2. The normalized spacial score (nSPS) is 27.9. The number of halogens is 1. The summed E-state index contributed by atoms with van der Waals surface area (Å²) in [6.45, 7) is 2.03. The summed E-state index contributed by atoms with van der Waals surface area (Å²) in [6.07, 6.45) is 2.69. The molecule has 1 aliphatic heterocycles. The van der Waals surface area contributed by atoms with Gasteiger partial charge in [-0.1, -0.05) is 17.7 Å². The first kappa shape index (κ1) is 12.0. The summed E-state index contributed by atoms with van der Waals surface area (Å²) in [5.41, 5.74) is 8.43. The predicted octanol–water partition coefficient (Wildman–Crippen LogP) is 2.41. The molecule has 1 aromatic carbocycles. The van der Waals surface area contributed by atoms with Crippen molar-refractivity contribution in [3.05, 3.63) is 34.3 Å². The van der Waals surface area contributed by atoms with Crippen molar-refractivity contribution in [2.45, 2.75) is 44.3 Å². The summed E-state index contributed by atoms with van der Waals surface area (Å²) in [5.74, 6) is 0.198. The summed E-state index contributed by atoms with van der Waals surface area (Å²) in [5, 5.41) is 0.729. The Hall–Kier alpha value is -1.06. The average molecular weight is 265 g/mol. The first-order valence-electron chi connectivity index (χ1n) is 6.40. The van der Waals surface area contributed by atoms with Gasteiger partial charge < -0.3 is 10.6 Å². The highest BCUT2D eigenvalue weighted by Crippen LogP contribution is 2.42. The predicted molar refractivity (Wildman–Crippen MR) is 71.4 cm³/mol. The average Bonchev–Trinajstić information content (AvgIpc) is 3.06. The minimum Gasteiger partial charge on any atom is -0.331 e. The van der Waals surface area contributed by atoms with Gasteiger partial charge in [-0.3, -0.25) is 4.79 Å². The van der Waals surface area contributed by atoms with Gasteiger partial charge in [-0.25, -0.2) is 0 Å². The molecule has 4 heteroatoms. The van der Waals surface area contributed by atoms with Crippen LogP contribution in [-0.4, -0.2) is 22.9 Å². The summed E-state index contributed by atoms with van der Waals surface area (Å²) in [7, 11) is 0. The van der Waals surface area contributed by atoms with Gasteiger partial charge in [0.1, 0.15) is 0 Å². The highest BCUT2D eigenvalue weighted by atomic mass is 35.5. The Labute approximate surface area is 112 Å². The smallest absolute Gasteiger partial charge is 0.225 e. The summed E-state index contributed by atoms with van der Waals surface area (Å²) >= 11 is 5.99. The maximum absolute atomic E-state index is 12.0. The molecule has 0 bridgehead atoms. The van der Waals surface area contributed by atoms with Crippen LogP contribution >= 0.6 is 11.6 Å². The van der Waals surface area contributed by atoms with Gasteiger partial charge in [-0.05, 0) is 43.0 Å². The Balaban J connectivity index is 2.00. The Morgan fingerprint density at radius 1 is 1.39 bits per heavy atom. The molecule has 96 valence electrons. The number of nitrogens with zero attached hydrogens (tertiary/aromatic N) is 1. The molecule has 2 aliphatic rings. The molecule has 1 heterocycles. The van der Waals surface area contributed by atoms with Crippen molar-refractivity contribution in [2.24, 2.45) is 5.73 Å². The Morgan fingerprint density at radius 3 is 2.72 bits per heavy atom. The van der Waals surface area contributed by atoms with Gasteiger partial charge in [-0.15, -0.1) is 0 Å². The summed E-state index contributed by atoms with van der Waals surface area (Å²) < 4.78 is 0. The van der Waals surface area contributed by atoms with E-state index in [9.17, 15) is 4.79 Å². The molecule has 1 amide bonds. The number of carbonyl (C=O) groups excluding carboxylic acids is 1. The van der Waals surface area contributed by atoms with Crippen LogP contribution in [0.25, 0.3) is 0 Å². The molecular formula is C14H17ClN2O.